The van der Waals surface area contributed by atoms with Gasteiger partial charge in [0, 0.05) is 11.3 Å². The number of carbonyl (C=O) groups is 1. The van der Waals surface area contributed by atoms with E-state index in [1.165, 1.54) is 25.1 Å². The molecule has 0 amide bonds. The molecule has 0 atom stereocenters. The second-order valence-electron chi connectivity index (χ2n) is 4.54. The van der Waals surface area contributed by atoms with E-state index in [9.17, 15) is 9.90 Å². The number of phenols is 1. The third kappa shape index (κ3) is 3.21. The summed E-state index contributed by atoms with van der Waals surface area (Å²) in [5.41, 5.74) is 1.28. The van der Waals surface area contributed by atoms with Crippen molar-refractivity contribution >= 4 is 17.7 Å². The minimum Gasteiger partial charge on any atom is -0.507 e. The molecule has 0 aliphatic heterocycles. The lowest BCUT2D eigenvalue weighted by atomic mass is 10.2. The minimum atomic E-state index is -0.518. The maximum absolute atomic E-state index is 11.5. The molecule has 23 heavy (non-hydrogen) atoms. The summed E-state index contributed by atoms with van der Waals surface area (Å²) < 4.78 is 9.78. The molecule has 2 heterocycles. The fourth-order valence-corrected chi connectivity index (χ4v) is 2.75. The molecule has 8 heteroatoms. The van der Waals surface area contributed by atoms with E-state index in [0.29, 0.717) is 27.9 Å². The number of thioether (sulfide) groups is 1. The highest BCUT2D eigenvalue weighted by Gasteiger charge is 2.17. The number of ether oxygens (including phenoxy) is 1. The molecule has 1 aromatic carbocycles. The molecule has 7 nitrogen and oxygen atoms in total. The second kappa shape index (κ2) is 6.57. The smallest absolute Gasteiger partial charge is 0.374 e. The van der Waals surface area contributed by atoms with E-state index in [-0.39, 0.29) is 11.5 Å². The lowest BCUT2D eigenvalue weighted by Gasteiger charge is -1.99. The standard InChI is InChI=1S/C15H13N3O4S/c1-21-14(20)12-9(6-7-22-12)8-23-15-16-13(17-18-15)10-4-2-3-5-11(10)19/h2-7,19H,8H2,1H3,(H,16,17,18). The number of hydrogen-bond donors (Lipinski definition) is 2. The molecule has 0 saturated heterocycles. The van der Waals surface area contributed by atoms with E-state index in [4.69, 9.17) is 4.42 Å². The molecule has 0 spiro atoms. The molecule has 0 aliphatic rings. The van der Waals surface area contributed by atoms with Crippen molar-refractivity contribution in [2.45, 2.75) is 10.9 Å². The second-order valence-corrected chi connectivity index (χ2v) is 5.48. The highest BCUT2D eigenvalue weighted by molar-refractivity contribution is 7.98. The maximum Gasteiger partial charge on any atom is 0.374 e. The van der Waals surface area contributed by atoms with Crippen molar-refractivity contribution in [1.29, 1.82) is 0 Å². The Bertz CT molecular complexity index is 828. The monoisotopic (exact) mass is 331 g/mol. The fourth-order valence-electron chi connectivity index (χ4n) is 1.97. The normalized spacial score (nSPS) is 10.7. The van der Waals surface area contributed by atoms with Gasteiger partial charge in [0.1, 0.15) is 5.75 Å². The number of aromatic amines is 1. The van der Waals surface area contributed by atoms with Crippen LogP contribution in [0.2, 0.25) is 0 Å². The van der Waals surface area contributed by atoms with E-state index >= 15 is 0 Å². The van der Waals surface area contributed by atoms with Gasteiger partial charge in [-0.15, -0.1) is 5.10 Å². The maximum atomic E-state index is 11.5. The largest absolute Gasteiger partial charge is 0.507 e. The molecule has 0 bridgehead atoms. The average Bonchev–Trinajstić information content (AvgIpc) is 3.21. The van der Waals surface area contributed by atoms with Gasteiger partial charge in [0.25, 0.3) is 0 Å². The van der Waals surface area contributed by atoms with Gasteiger partial charge < -0.3 is 14.3 Å². The molecular formula is C15H13N3O4S. The first-order valence-corrected chi connectivity index (χ1v) is 7.66. The van der Waals surface area contributed by atoms with Crippen LogP contribution in [-0.4, -0.2) is 33.4 Å². The van der Waals surface area contributed by atoms with Crippen LogP contribution in [0, 0.1) is 0 Å². The molecule has 0 saturated carbocycles. The molecule has 2 N–H and O–H groups in total. The summed E-state index contributed by atoms with van der Waals surface area (Å²) in [6.45, 7) is 0. The number of aromatic hydroxyl groups is 1. The molecule has 118 valence electrons. The first-order valence-electron chi connectivity index (χ1n) is 6.67. The topological polar surface area (TPSA) is 101 Å². The van der Waals surface area contributed by atoms with E-state index in [0.717, 1.165) is 0 Å². The highest BCUT2D eigenvalue weighted by Crippen LogP contribution is 2.28. The number of nitrogens with one attached hydrogen (secondary N) is 1. The number of aromatic nitrogens is 3. The summed E-state index contributed by atoms with van der Waals surface area (Å²) in [4.78, 5) is 15.9. The Morgan fingerprint density at radius 2 is 2.22 bits per heavy atom. The van der Waals surface area contributed by atoms with Gasteiger partial charge in [0.05, 0.1) is 18.9 Å². The van der Waals surface area contributed by atoms with Crippen molar-refractivity contribution in [3.8, 4) is 17.1 Å². The van der Waals surface area contributed by atoms with Gasteiger partial charge in [0.15, 0.2) is 5.82 Å². The zero-order valence-corrected chi connectivity index (χ0v) is 13.0. The number of rotatable bonds is 5. The molecule has 3 aromatic rings. The minimum absolute atomic E-state index is 0.128. The summed E-state index contributed by atoms with van der Waals surface area (Å²) >= 11 is 1.34. The third-order valence-corrected chi connectivity index (χ3v) is 3.99. The molecule has 0 fully saturated rings. The molecular weight excluding hydrogens is 318 g/mol. The predicted octanol–water partition coefficient (Wildman–Crippen LogP) is 2.85. The number of esters is 1. The van der Waals surface area contributed by atoms with Crippen molar-refractivity contribution in [2.75, 3.05) is 7.11 Å². The van der Waals surface area contributed by atoms with Gasteiger partial charge in [-0.3, -0.25) is 5.10 Å². The van der Waals surface area contributed by atoms with Crippen LogP contribution in [0.25, 0.3) is 11.4 Å². The molecule has 3 rings (SSSR count). The number of nitrogens with zero attached hydrogens (tertiary/aromatic N) is 2. The fraction of sp³-hybridized carbons (Fsp3) is 0.133. The van der Waals surface area contributed by atoms with Crippen LogP contribution >= 0.6 is 11.8 Å². The number of para-hydroxylation sites is 1. The first-order chi connectivity index (χ1) is 11.2. The molecule has 0 unspecified atom stereocenters. The van der Waals surface area contributed by atoms with E-state index < -0.39 is 5.97 Å². The number of H-pyrrole nitrogens is 1. The van der Waals surface area contributed by atoms with Gasteiger partial charge in [-0.25, -0.2) is 9.78 Å². The summed E-state index contributed by atoms with van der Waals surface area (Å²) in [6, 6.07) is 8.57. The van der Waals surface area contributed by atoms with Crippen LogP contribution in [0.3, 0.4) is 0 Å². The van der Waals surface area contributed by atoms with Crippen LogP contribution < -0.4 is 0 Å². The van der Waals surface area contributed by atoms with Crippen LogP contribution in [0.15, 0.2) is 46.2 Å². The quantitative estimate of drug-likeness (QED) is 0.547. The van der Waals surface area contributed by atoms with Crippen LogP contribution in [-0.2, 0) is 10.5 Å². The Labute approximate surface area is 135 Å². The zero-order chi connectivity index (χ0) is 16.2. The van der Waals surface area contributed by atoms with Gasteiger partial charge in [-0.05, 0) is 18.2 Å². The summed E-state index contributed by atoms with van der Waals surface area (Å²) in [7, 11) is 1.30. The van der Waals surface area contributed by atoms with Crippen LogP contribution in [0.1, 0.15) is 16.1 Å². The molecule has 0 radical (unpaired) electrons. The van der Waals surface area contributed by atoms with Crippen LogP contribution in [0.5, 0.6) is 5.75 Å². The van der Waals surface area contributed by atoms with Crippen molar-refractivity contribution in [1.82, 2.24) is 15.2 Å². The summed E-state index contributed by atoms with van der Waals surface area (Å²) in [5, 5.41) is 17.2. The average molecular weight is 331 g/mol. The number of carbonyl (C=O) groups excluding carboxylic acids is 1. The van der Waals surface area contributed by atoms with Gasteiger partial charge >= 0.3 is 5.97 Å². The number of benzene rings is 1. The molecule has 0 aliphatic carbocycles. The van der Waals surface area contributed by atoms with E-state index in [1.807, 2.05) is 0 Å². The van der Waals surface area contributed by atoms with Gasteiger partial charge in [-0.1, -0.05) is 23.9 Å². The summed E-state index contributed by atoms with van der Waals surface area (Å²) in [6.07, 6.45) is 1.44. The van der Waals surface area contributed by atoms with Crippen molar-refractivity contribution in [2.24, 2.45) is 0 Å². The molecule has 2 aromatic heterocycles. The first kappa shape index (κ1) is 15.2. The van der Waals surface area contributed by atoms with Gasteiger partial charge in [-0.2, -0.15) is 0 Å². The number of methoxy groups -OCH3 is 1. The Hall–Kier alpha value is -2.74. The highest BCUT2D eigenvalue weighted by atomic mass is 32.2. The number of phenolic OH excluding ortho intramolecular Hbond substituents is 1. The van der Waals surface area contributed by atoms with E-state index in [1.54, 1.807) is 30.3 Å². The summed E-state index contributed by atoms with van der Waals surface area (Å²) in [5.74, 6) is 0.722. The number of hydrogen-bond acceptors (Lipinski definition) is 7. The lowest BCUT2D eigenvalue weighted by Crippen LogP contribution is -2.02. The Balaban J connectivity index is 1.72. The Morgan fingerprint density at radius 3 is 3.00 bits per heavy atom. The zero-order valence-electron chi connectivity index (χ0n) is 12.1. The van der Waals surface area contributed by atoms with E-state index in [2.05, 4.69) is 19.9 Å². The van der Waals surface area contributed by atoms with Crippen LogP contribution in [0.4, 0.5) is 0 Å². The number of furan rings is 1. The van der Waals surface area contributed by atoms with Crippen molar-refractivity contribution in [3.05, 3.63) is 47.9 Å². The predicted molar refractivity (Wildman–Crippen MR) is 83.1 cm³/mol. The van der Waals surface area contributed by atoms with Gasteiger partial charge in [0.2, 0.25) is 10.9 Å². The van der Waals surface area contributed by atoms with Crippen molar-refractivity contribution in [3.63, 3.8) is 0 Å². The Kier molecular flexibility index (Phi) is 4.33. The SMILES string of the molecule is COC(=O)c1occc1CSc1n[nH]c(-c2ccccc2O)n1. The lowest BCUT2D eigenvalue weighted by molar-refractivity contribution is 0.0564. The Morgan fingerprint density at radius 1 is 1.39 bits per heavy atom. The third-order valence-electron chi connectivity index (χ3n) is 3.10. The van der Waals surface area contributed by atoms with Crippen molar-refractivity contribution < 1.29 is 19.1 Å².